The van der Waals surface area contributed by atoms with Crippen LogP contribution < -0.4 is 10.1 Å². The number of ether oxygens (including phenoxy) is 1. The molecule has 0 atom stereocenters. The molecule has 0 fully saturated rings. The SMILES string of the molecule is CNC(=O)COc1ccc(C(=O)C(C)C)cc1. The van der Waals surface area contributed by atoms with Crippen molar-refractivity contribution in [2.75, 3.05) is 13.7 Å². The van der Waals surface area contributed by atoms with Gasteiger partial charge in [0.05, 0.1) is 0 Å². The van der Waals surface area contributed by atoms with E-state index < -0.39 is 0 Å². The molecule has 1 N–H and O–H groups in total. The number of rotatable bonds is 5. The van der Waals surface area contributed by atoms with E-state index in [0.717, 1.165) is 0 Å². The fourth-order valence-electron chi connectivity index (χ4n) is 1.27. The molecule has 0 aliphatic heterocycles. The smallest absolute Gasteiger partial charge is 0.257 e. The molecule has 0 aromatic heterocycles. The van der Waals surface area contributed by atoms with Crippen molar-refractivity contribution < 1.29 is 14.3 Å². The Labute approximate surface area is 101 Å². The standard InChI is InChI=1S/C13H17NO3/c1-9(2)13(16)10-4-6-11(7-5-10)17-8-12(15)14-3/h4-7,9H,8H2,1-3H3,(H,14,15). The Bertz CT molecular complexity index is 396. The number of hydrogen-bond acceptors (Lipinski definition) is 3. The lowest BCUT2D eigenvalue weighted by atomic mass is 10.0. The van der Waals surface area contributed by atoms with Crippen molar-refractivity contribution in [3.8, 4) is 5.75 Å². The molecule has 1 amide bonds. The van der Waals surface area contributed by atoms with Crippen molar-refractivity contribution in [1.29, 1.82) is 0 Å². The van der Waals surface area contributed by atoms with Gasteiger partial charge in [0, 0.05) is 18.5 Å². The summed E-state index contributed by atoms with van der Waals surface area (Å²) in [5, 5.41) is 2.46. The van der Waals surface area contributed by atoms with E-state index in [0.29, 0.717) is 11.3 Å². The Morgan fingerprint density at radius 2 is 1.82 bits per heavy atom. The first-order valence-corrected chi connectivity index (χ1v) is 5.52. The van der Waals surface area contributed by atoms with Gasteiger partial charge in [0.1, 0.15) is 5.75 Å². The van der Waals surface area contributed by atoms with Gasteiger partial charge in [-0.1, -0.05) is 13.8 Å². The number of carbonyl (C=O) groups excluding carboxylic acids is 2. The fraction of sp³-hybridized carbons (Fsp3) is 0.385. The lowest BCUT2D eigenvalue weighted by Crippen LogP contribution is -2.24. The molecule has 0 saturated heterocycles. The molecule has 92 valence electrons. The van der Waals surface area contributed by atoms with Crippen molar-refractivity contribution in [2.24, 2.45) is 5.92 Å². The van der Waals surface area contributed by atoms with Crippen LogP contribution in [0, 0.1) is 5.92 Å². The normalized spacial score (nSPS) is 10.1. The Kier molecular flexibility index (Phi) is 4.69. The number of ketones is 1. The number of nitrogens with one attached hydrogen (secondary N) is 1. The molecule has 17 heavy (non-hydrogen) atoms. The van der Waals surface area contributed by atoms with Crippen LogP contribution in [0.5, 0.6) is 5.75 Å². The number of hydrogen-bond donors (Lipinski definition) is 1. The molecule has 1 rings (SSSR count). The summed E-state index contributed by atoms with van der Waals surface area (Å²) in [6, 6.07) is 6.81. The topological polar surface area (TPSA) is 55.4 Å². The van der Waals surface area contributed by atoms with Gasteiger partial charge >= 0.3 is 0 Å². The third kappa shape index (κ3) is 3.90. The van der Waals surface area contributed by atoms with Crippen LogP contribution in [-0.4, -0.2) is 25.3 Å². The number of Topliss-reactive ketones (excluding diaryl/α,β-unsaturated/α-hetero) is 1. The summed E-state index contributed by atoms with van der Waals surface area (Å²) in [6.45, 7) is 3.70. The lowest BCUT2D eigenvalue weighted by Gasteiger charge is -2.07. The second-order valence-corrected chi connectivity index (χ2v) is 4.01. The molecule has 4 heteroatoms. The van der Waals surface area contributed by atoms with Gasteiger partial charge in [-0.05, 0) is 24.3 Å². The first-order valence-electron chi connectivity index (χ1n) is 5.52. The predicted molar refractivity (Wildman–Crippen MR) is 65.2 cm³/mol. The molecular formula is C13H17NO3. The maximum atomic E-state index is 11.7. The van der Waals surface area contributed by atoms with Crippen LogP contribution in [0.25, 0.3) is 0 Å². The molecule has 1 aromatic rings. The highest BCUT2D eigenvalue weighted by Gasteiger charge is 2.10. The van der Waals surface area contributed by atoms with Crippen molar-refractivity contribution in [3.05, 3.63) is 29.8 Å². The second kappa shape index (κ2) is 6.03. The quantitative estimate of drug-likeness (QED) is 0.789. The average Bonchev–Trinajstić information content (AvgIpc) is 2.35. The van der Waals surface area contributed by atoms with Gasteiger partial charge in [-0.2, -0.15) is 0 Å². The molecule has 0 radical (unpaired) electrons. The number of carbonyl (C=O) groups is 2. The van der Waals surface area contributed by atoms with Gasteiger partial charge in [0.2, 0.25) is 0 Å². The number of likely N-dealkylation sites (N-methyl/N-ethyl adjacent to an activating group) is 1. The molecule has 0 unspecified atom stereocenters. The summed E-state index contributed by atoms with van der Waals surface area (Å²) >= 11 is 0. The third-order valence-electron chi connectivity index (χ3n) is 2.31. The zero-order valence-electron chi connectivity index (χ0n) is 10.3. The largest absolute Gasteiger partial charge is 0.484 e. The highest BCUT2D eigenvalue weighted by atomic mass is 16.5. The maximum absolute atomic E-state index is 11.7. The van der Waals surface area contributed by atoms with Gasteiger partial charge in [0.15, 0.2) is 12.4 Å². The zero-order chi connectivity index (χ0) is 12.8. The van der Waals surface area contributed by atoms with Gasteiger partial charge in [0.25, 0.3) is 5.91 Å². The van der Waals surface area contributed by atoms with Crippen LogP contribution in [0.4, 0.5) is 0 Å². The van der Waals surface area contributed by atoms with Gasteiger partial charge < -0.3 is 10.1 Å². The van der Waals surface area contributed by atoms with E-state index in [4.69, 9.17) is 4.74 Å². The Morgan fingerprint density at radius 3 is 2.29 bits per heavy atom. The average molecular weight is 235 g/mol. The summed E-state index contributed by atoms with van der Waals surface area (Å²) in [7, 11) is 1.55. The minimum Gasteiger partial charge on any atom is -0.484 e. The molecule has 0 aliphatic carbocycles. The van der Waals surface area contributed by atoms with Crippen LogP contribution in [0.1, 0.15) is 24.2 Å². The van der Waals surface area contributed by atoms with Crippen LogP contribution in [0.2, 0.25) is 0 Å². The van der Waals surface area contributed by atoms with Crippen LogP contribution in [0.15, 0.2) is 24.3 Å². The minimum atomic E-state index is -0.188. The van der Waals surface area contributed by atoms with Crippen molar-refractivity contribution in [2.45, 2.75) is 13.8 Å². The number of amides is 1. The number of benzene rings is 1. The van der Waals surface area contributed by atoms with Crippen LogP contribution >= 0.6 is 0 Å². The minimum absolute atomic E-state index is 0.0199. The maximum Gasteiger partial charge on any atom is 0.257 e. The van der Waals surface area contributed by atoms with Crippen LogP contribution in [-0.2, 0) is 4.79 Å². The monoisotopic (exact) mass is 235 g/mol. The van der Waals surface area contributed by atoms with Crippen LogP contribution in [0.3, 0.4) is 0 Å². The van der Waals surface area contributed by atoms with Crippen molar-refractivity contribution in [1.82, 2.24) is 5.32 Å². The van der Waals surface area contributed by atoms with E-state index in [9.17, 15) is 9.59 Å². The molecule has 0 saturated carbocycles. The van der Waals surface area contributed by atoms with Gasteiger partial charge in [-0.25, -0.2) is 0 Å². The molecule has 0 aliphatic rings. The van der Waals surface area contributed by atoms with E-state index in [1.165, 1.54) is 0 Å². The van der Waals surface area contributed by atoms with E-state index in [1.807, 2.05) is 13.8 Å². The van der Waals surface area contributed by atoms with E-state index >= 15 is 0 Å². The van der Waals surface area contributed by atoms with E-state index in [2.05, 4.69) is 5.32 Å². The van der Waals surface area contributed by atoms with Gasteiger partial charge in [-0.15, -0.1) is 0 Å². The van der Waals surface area contributed by atoms with E-state index in [1.54, 1.807) is 31.3 Å². The van der Waals surface area contributed by atoms with E-state index in [-0.39, 0.29) is 24.2 Å². The Balaban J connectivity index is 2.62. The first kappa shape index (κ1) is 13.2. The highest BCUT2D eigenvalue weighted by Crippen LogP contribution is 2.14. The predicted octanol–water partition coefficient (Wildman–Crippen LogP) is 1.65. The molecule has 0 bridgehead atoms. The Morgan fingerprint density at radius 1 is 1.24 bits per heavy atom. The van der Waals surface area contributed by atoms with Crippen molar-refractivity contribution >= 4 is 11.7 Å². The molecule has 0 spiro atoms. The fourth-order valence-corrected chi connectivity index (χ4v) is 1.27. The molecule has 1 aromatic carbocycles. The highest BCUT2D eigenvalue weighted by molar-refractivity contribution is 5.97. The Hall–Kier alpha value is -1.84. The summed E-state index contributed by atoms with van der Waals surface area (Å²) in [6.07, 6.45) is 0. The third-order valence-corrected chi connectivity index (χ3v) is 2.31. The molecule has 4 nitrogen and oxygen atoms in total. The van der Waals surface area contributed by atoms with Crippen molar-refractivity contribution in [3.63, 3.8) is 0 Å². The molecule has 0 heterocycles. The first-order chi connectivity index (χ1) is 8.04. The second-order valence-electron chi connectivity index (χ2n) is 4.01. The summed E-state index contributed by atoms with van der Waals surface area (Å²) in [4.78, 5) is 22.6. The molecular weight excluding hydrogens is 218 g/mol. The summed E-state index contributed by atoms with van der Waals surface area (Å²) in [5.74, 6) is 0.469. The lowest BCUT2D eigenvalue weighted by molar-refractivity contribution is -0.122. The van der Waals surface area contributed by atoms with Gasteiger partial charge in [-0.3, -0.25) is 9.59 Å². The summed E-state index contributed by atoms with van der Waals surface area (Å²) < 4.78 is 5.23. The zero-order valence-corrected chi connectivity index (χ0v) is 10.3. The summed E-state index contributed by atoms with van der Waals surface area (Å²) in [5.41, 5.74) is 0.660.